The van der Waals surface area contributed by atoms with E-state index in [0.29, 0.717) is 64.5 Å². The van der Waals surface area contributed by atoms with Gasteiger partial charge in [0.25, 0.3) is 0 Å². The van der Waals surface area contributed by atoms with Crippen LogP contribution in [0.4, 0.5) is 5.69 Å². The lowest BCUT2D eigenvalue weighted by Gasteiger charge is -2.35. The van der Waals surface area contributed by atoms with E-state index in [0.717, 1.165) is 18.4 Å². The summed E-state index contributed by atoms with van der Waals surface area (Å²) < 4.78 is 11.5. The van der Waals surface area contributed by atoms with Gasteiger partial charge in [-0.1, -0.05) is 24.3 Å². The number of aliphatic hydroxyl groups is 2. The van der Waals surface area contributed by atoms with Gasteiger partial charge >= 0.3 is 5.97 Å². The highest BCUT2D eigenvalue weighted by atomic mass is 32.1. The smallest absolute Gasteiger partial charge is 0.349 e. The molecule has 1 saturated carbocycles. The lowest BCUT2D eigenvalue weighted by atomic mass is 9.91. The van der Waals surface area contributed by atoms with Crippen LogP contribution < -0.4 is 20.9 Å². The van der Waals surface area contributed by atoms with Crippen molar-refractivity contribution in [3.63, 3.8) is 0 Å². The van der Waals surface area contributed by atoms with Crippen molar-refractivity contribution >= 4 is 51.1 Å². The zero-order chi connectivity index (χ0) is 37.5. The van der Waals surface area contributed by atoms with Crippen LogP contribution in [0.3, 0.4) is 0 Å². The number of carbonyl (C=O) groups is 2. The zero-order valence-corrected chi connectivity index (χ0v) is 31.2. The van der Waals surface area contributed by atoms with Crippen molar-refractivity contribution in [1.82, 2.24) is 15.2 Å². The van der Waals surface area contributed by atoms with E-state index in [1.54, 1.807) is 37.4 Å². The van der Waals surface area contributed by atoms with E-state index in [9.17, 15) is 29.7 Å². The number of nitrogens with one attached hydrogen (secondary N) is 3. The molecular formula is C39H44N4O8S2. The number of anilines is 1. The number of pyridine rings is 1. The minimum atomic E-state index is -1.81. The van der Waals surface area contributed by atoms with Crippen molar-refractivity contribution in [2.75, 3.05) is 32.6 Å². The van der Waals surface area contributed by atoms with Crippen LogP contribution in [0.25, 0.3) is 10.9 Å². The normalized spacial score (nSPS) is 16.8. The number of aromatic hydroxyl groups is 1. The number of phenolic OH excluding ortho intramolecular Hbond substituents is 1. The molecule has 280 valence electrons. The Morgan fingerprint density at radius 1 is 1.02 bits per heavy atom. The number of rotatable bonds is 15. The Bertz CT molecular complexity index is 2030. The first kappa shape index (κ1) is 38.2. The summed E-state index contributed by atoms with van der Waals surface area (Å²) in [4.78, 5) is 43.9. The SMILES string of the molecule is COc1cc(NC(=O)CCN(C)C2CCC(OC(=O)C(O)(c3cccs3)c3cccs3)CC2)ccc1CNC[C@H](O)c1ccc(O)c2[nH]c(=O)ccc12. The molecule has 2 aromatic carbocycles. The molecule has 0 aliphatic heterocycles. The van der Waals surface area contributed by atoms with E-state index in [4.69, 9.17) is 9.47 Å². The van der Waals surface area contributed by atoms with Gasteiger partial charge in [-0.15, -0.1) is 22.7 Å². The summed E-state index contributed by atoms with van der Waals surface area (Å²) in [5, 5.41) is 43.0. The third-order valence-electron chi connectivity index (χ3n) is 9.77. The number of aromatic nitrogens is 1. The van der Waals surface area contributed by atoms with E-state index < -0.39 is 17.7 Å². The third-order valence-corrected chi connectivity index (χ3v) is 11.7. The standard InChI is InChI=1S/C39H44N4O8S2/c1-43(26-9-11-27(12-10-26)51-38(48)39(49,33-5-3-19-52-33)34-6-4-20-53-34)18-17-36(47)41-25-8-7-24(32(21-25)50-2)22-40-23-31(45)28-13-15-30(44)37-29(28)14-16-35(46)42-37/h3-8,13-16,19-21,26-27,31,40,44-45,49H,9-12,17-18,22-23H2,1-2H3,(H,41,47)(H,42,46)/t26?,27?,31-/m0/s1. The maximum Gasteiger partial charge on any atom is 0.349 e. The predicted molar refractivity (Wildman–Crippen MR) is 206 cm³/mol. The van der Waals surface area contributed by atoms with Crippen molar-refractivity contribution < 1.29 is 34.4 Å². The van der Waals surface area contributed by atoms with Crippen LogP contribution in [0, 0.1) is 0 Å². The van der Waals surface area contributed by atoms with Gasteiger partial charge < -0.3 is 45.3 Å². The van der Waals surface area contributed by atoms with E-state index >= 15 is 0 Å². The molecule has 1 aliphatic carbocycles. The molecule has 0 spiro atoms. The first-order chi connectivity index (χ1) is 25.6. The van der Waals surface area contributed by atoms with Crippen LogP contribution in [-0.4, -0.2) is 76.5 Å². The minimum absolute atomic E-state index is 0.0687. The highest BCUT2D eigenvalue weighted by Crippen LogP contribution is 2.38. The number of phenols is 1. The Labute approximate surface area is 315 Å². The number of esters is 1. The highest BCUT2D eigenvalue weighted by Gasteiger charge is 2.45. The molecule has 1 fully saturated rings. The zero-order valence-electron chi connectivity index (χ0n) is 29.5. The molecule has 12 nitrogen and oxygen atoms in total. The lowest BCUT2D eigenvalue weighted by Crippen LogP contribution is -2.42. The maximum atomic E-state index is 13.4. The number of amides is 1. The van der Waals surface area contributed by atoms with Crippen LogP contribution in [0.2, 0.25) is 0 Å². The van der Waals surface area contributed by atoms with Gasteiger partial charge in [-0.3, -0.25) is 9.59 Å². The Morgan fingerprint density at radius 2 is 1.74 bits per heavy atom. The monoisotopic (exact) mass is 760 g/mol. The van der Waals surface area contributed by atoms with E-state index in [1.165, 1.54) is 34.8 Å². The van der Waals surface area contributed by atoms with Gasteiger partial charge in [-0.2, -0.15) is 0 Å². The van der Waals surface area contributed by atoms with E-state index in [2.05, 4.69) is 20.5 Å². The fourth-order valence-electron chi connectivity index (χ4n) is 6.79. The maximum absolute atomic E-state index is 13.4. The number of hydrogen-bond donors (Lipinski definition) is 6. The number of benzene rings is 2. The average molecular weight is 761 g/mol. The molecule has 3 heterocycles. The van der Waals surface area contributed by atoms with Crippen LogP contribution in [0.5, 0.6) is 11.5 Å². The van der Waals surface area contributed by atoms with Gasteiger partial charge in [0.15, 0.2) is 0 Å². The number of nitrogens with zero attached hydrogens (tertiary/aromatic N) is 1. The number of H-pyrrole nitrogens is 1. The van der Waals surface area contributed by atoms with Gasteiger partial charge in [-0.05, 0) is 79.4 Å². The molecule has 0 unspecified atom stereocenters. The Kier molecular flexibility index (Phi) is 12.3. The Balaban J connectivity index is 0.944. The summed E-state index contributed by atoms with van der Waals surface area (Å²) >= 11 is 2.65. The second-order valence-corrected chi connectivity index (χ2v) is 15.1. The number of hydrogen-bond acceptors (Lipinski definition) is 12. The number of thiophene rings is 2. The molecule has 0 radical (unpaired) electrons. The fraction of sp³-hybridized carbons (Fsp3) is 0.359. The molecule has 5 aromatic rings. The third kappa shape index (κ3) is 8.81. The molecule has 53 heavy (non-hydrogen) atoms. The first-order valence-corrected chi connectivity index (χ1v) is 19.2. The van der Waals surface area contributed by atoms with Crippen LogP contribution >= 0.6 is 22.7 Å². The van der Waals surface area contributed by atoms with Crippen LogP contribution in [0.15, 0.2) is 82.3 Å². The summed E-state index contributed by atoms with van der Waals surface area (Å²) in [6, 6.07) is 18.8. The summed E-state index contributed by atoms with van der Waals surface area (Å²) in [5.74, 6) is -0.257. The molecule has 6 N–H and O–H groups in total. The molecule has 1 amide bonds. The van der Waals surface area contributed by atoms with E-state index in [1.807, 2.05) is 42.1 Å². The van der Waals surface area contributed by atoms with Gasteiger partial charge in [0, 0.05) is 60.9 Å². The predicted octanol–water partition coefficient (Wildman–Crippen LogP) is 5.24. The highest BCUT2D eigenvalue weighted by molar-refractivity contribution is 7.12. The van der Waals surface area contributed by atoms with Crippen LogP contribution in [-0.2, 0) is 26.5 Å². The number of fused-ring (bicyclic) bond motifs is 1. The first-order valence-electron chi connectivity index (χ1n) is 17.5. The average Bonchev–Trinajstić information content (AvgIpc) is 3.91. The summed E-state index contributed by atoms with van der Waals surface area (Å²) in [5.41, 5.74) is 0.128. The minimum Gasteiger partial charge on any atom is -0.506 e. The Morgan fingerprint density at radius 3 is 2.40 bits per heavy atom. The number of methoxy groups -OCH3 is 1. The number of carbonyl (C=O) groups excluding carboxylic acids is 2. The van der Waals surface area contributed by atoms with Crippen molar-refractivity contribution in [2.24, 2.45) is 0 Å². The lowest BCUT2D eigenvalue weighted by molar-refractivity contribution is -0.169. The topological polar surface area (TPSA) is 173 Å². The second-order valence-electron chi connectivity index (χ2n) is 13.2. The van der Waals surface area contributed by atoms with Gasteiger partial charge in [0.1, 0.15) is 17.6 Å². The van der Waals surface area contributed by atoms with Crippen molar-refractivity contribution in [1.29, 1.82) is 0 Å². The summed E-state index contributed by atoms with van der Waals surface area (Å²) in [6.07, 6.45) is 2.07. The molecular weight excluding hydrogens is 717 g/mol. The van der Waals surface area contributed by atoms with Gasteiger partial charge in [-0.25, -0.2) is 4.79 Å². The van der Waals surface area contributed by atoms with E-state index in [-0.39, 0.29) is 41.4 Å². The fourth-order valence-corrected chi connectivity index (χ4v) is 8.50. The number of ether oxygens (including phenoxy) is 2. The van der Waals surface area contributed by atoms with Crippen molar-refractivity contribution in [3.8, 4) is 11.5 Å². The molecule has 14 heteroatoms. The largest absolute Gasteiger partial charge is 0.506 e. The second kappa shape index (κ2) is 17.1. The molecule has 0 bridgehead atoms. The van der Waals surface area contributed by atoms with Crippen LogP contribution in [0.1, 0.15) is 59.1 Å². The number of aromatic amines is 1. The molecule has 6 rings (SSSR count). The van der Waals surface area contributed by atoms with Crippen molar-refractivity contribution in [3.05, 3.63) is 109 Å². The molecule has 1 atom stereocenters. The molecule has 0 saturated heterocycles. The number of aliphatic hydroxyl groups excluding tert-OH is 1. The molecule has 1 aliphatic rings. The van der Waals surface area contributed by atoms with Gasteiger partial charge in [0.2, 0.25) is 17.1 Å². The quantitative estimate of drug-likeness (QED) is 0.0776. The van der Waals surface area contributed by atoms with Gasteiger partial charge in [0.05, 0.1) is 28.5 Å². The Hall–Kier alpha value is -4.57. The summed E-state index contributed by atoms with van der Waals surface area (Å²) in [7, 11) is 3.56. The summed E-state index contributed by atoms with van der Waals surface area (Å²) in [6.45, 7) is 1.15. The van der Waals surface area contributed by atoms with Crippen molar-refractivity contribution in [2.45, 2.75) is 62.5 Å². The molecule has 3 aromatic heterocycles.